The zero-order valence-corrected chi connectivity index (χ0v) is 17.1. The summed E-state index contributed by atoms with van der Waals surface area (Å²) in [6, 6.07) is 10.2. The van der Waals surface area contributed by atoms with E-state index in [1.807, 2.05) is 36.9 Å². The Bertz CT molecular complexity index is 759. The average Bonchev–Trinajstić information content (AvgIpc) is 2.91. The molecule has 1 aliphatic rings. The number of carbonyl (C=O) groups excluding carboxylic acids is 1. The normalized spacial score (nSPS) is 17.4. The molecule has 0 saturated carbocycles. The summed E-state index contributed by atoms with van der Waals surface area (Å²) in [5.74, 6) is 1.37. The highest BCUT2D eigenvalue weighted by atomic mass is 32.2. The van der Waals surface area contributed by atoms with Crippen molar-refractivity contribution in [2.75, 3.05) is 19.4 Å². The summed E-state index contributed by atoms with van der Waals surface area (Å²) in [7, 11) is 1.67. The first-order chi connectivity index (χ1) is 13.1. The molecule has 0 N–H and O–H groups in total. The number of methoxy groups -OCH3 is 1. The highest BCUT2D eigenvalue weighted by Crippen LogP contribution is 2.32. The van der Waals surface area contributed by atoms with E-state index in [2.05, 4.69) is 22.1 Å². The van der Waals surface area contributed by atoms with Gasteiger partial charge in [-0.05, 0) is 50.5 Å². The first-order valence-electron chi connectivity index (χ1n) is 9.45. The number of nitrogens with zero attached hydrogens (tertiary/aromatic N) is 3. The number of hydrogen-bond acceptors (Lipinski definition) is 5. The highest BCUT2D eigenvalue weighted by molar-refractivity contribution is 7.99. The number of rotatable bonds is 5. The molecule has 1 fully saturated rings. The van der Waals surface area contributed by atoms with Crippen LogP contribution in [0, 0.1) is 13.8 Å². The van der Waals surface area contributed by atoms with Crippen LogP contribution >= 0.6 is 11.8 Å². The van der Waals surface area contributed by atoms with Crippen molar-refractivity contribution in [3.8, 4) is 5.75 Å². The number of aromatic nitrogens is 2. The molecule has 1 atom stereocenters. The van der Waals surface area contributed by atoms with Crippen molar-refractivity contribution in [3.05, 3.63) is 47.3 Å². The van der Waals surface area contributed by atoms with Crippen molar-refractivity contribution in [2.24, 2.45) is 0 Å². The van der Waals surface area contributed by atoms with Crippen LogP contribution in [0.15, 0.2) is 35.5 Å². The topological polar surface area (TPSA) is 55.3 Å². The molecule has 1 saturated heterocycles. The number of aryl methyl sites for hydroxylation is 2. The van der Waals surface area contributed by atoms with Crippen LogP contribution in [-0.2, 0) is 4.79 Å². The van der Waals surface area contributed by atoms with Gasteiger partial charge >= 0.3 is 0 Å². The van der Waals surface area contributed by atoms with Gasteiger partial charge in [0, 0.05) is 17.9 Å². The van der Waals surface area contributed by atoms with Crippen LogP contribution in [0.5, 0.6) is 5.75 Å². The molecule has 5 nitrogen and oxygen atoms in total. The molecule has 1 aromatic carbocycles. The average molecular weight is 386 g/mol. The van der Waals surface area contributed by atoms with E-state index in [9.17, 15) is 4.79 Å². The van der Waals surface area contributed by atoms with Gasteiger partial charge in [-0.15, -0.1) is 0 Å². The van der Waals surface area contributed by atoms with E-state index in [1.165, 1.54) is 23.7 Å². The van der Waals surface area contributed by atoms with Gasteiger partial charge < -0.3 is 9.64 Å². The van der Waals surface area contributed by atoms with Gasteiger partial charge in [0.2, 0.25) is 5.91 Å². The molecule has 144 valence electrons. The van der Waals surface area contributed by atoms with E-state index >= 15 is 0 Å². The fourth-order valence-electron chi connectivity index (χ4n) is 3.55. The SMILES string of the molecule is COc1ccc([C@@H]2CCCCCN2C(=O)CSc2nc(C)cc(C)n2)cc1. The molecule has 0 unspecified atom stereocenters. The zero-order valence-electron chi connectivity index (χ0n) is 16.3. The summed E-state index contributed by atoms with van der Waals surface area (Å²) < 4.78 is 5.26. The Morgan fingerprint density at radius 2 is 1.85 bits per heavy atom. The van der Waals surface area contributed by atoms with Crippen molar-refractivity contribution in [3.63, 3.8) is 0 Å². The van der Waals surface area contributed by atoms with Crippen LogP contribution in [0.1, 0.15) is 48.7 Å². The van der Waals surface area contributed by atoms with Crippen LogP contribution in [0.2, 0.25) is 0 Å². The van der Waals surface area contributed by atoms with Gasteiger partial charge in [0.1, 0.15) is 5.75 Å². The van der Waals surface area contributed by atoms with Crippen molar-refractivity contribution in [1.29, 1.82) is 0 Å². The maximum absolute atomic E-state index is 13.0. The standard InChI is InChI=1S/C21H27N3O2S/c1-15-13-16(2)23-21(22-15)27-14-20(25)24-12-6-4-5-7-19(24)17-8-10-18(26-3)11-9-17/h8-11,13,19H,4-7,12,14H2,1-3H3/t19-/m0/s1. The Labute approximate surface area is 165 Å². The minimum Gasteiger partial charge on any atom is -0.497 e. The van der Waals surface area contributed by atoms with E-state index in [0.717, 1.165) is 42.9 Å². The largest absolute Gasteiger partial charge is 0.497 e. The van der Waals surface area contributed by atoms with E-state index in [4.69, 9.17) is 4.74 Å². The molecule has 0 radical (unpaired) electrons. The lowest BCUT2D eigenvalue weighted by atomic mass is 10.0. The number of carbonyl (C=O) groups is 1. The quantitative estimate of drug-likeness (QED) is 0.566. The number of hydrogen-bond donors (Lipinski definition) is 0. The van der Waals surface area contributed by atoms with Gasteiger partial charge in [-0.1, -0.05) is 36.7 Å². The van der Waals surface area contributed by atoms with Crippen LogP contribution in [0.4, 0.5) is 0 Å². The maximum Gasteiger partial charge on any atom is 0.233 e. The molecule has 1 amide bonds. The lowest BCUT2D eigenvalue weighted by Gasteiger charge is -2.30. The van der Waals surface area contributed by atoms with Crippen LogP contribution in [0.25, 0.3) is 0 Å². The van der Waals surface area contributed by atoms with Crippen LogP contribution in [0.3, 0.4) is 0 Å². The van der Waals surface area contributed by atoms with Gasteiger partial charge in [0.05, 0.1) is 18.9 Å². The van der Waals surface area contributed by atoms with Crippen molar-refractivity contribution in [1.82, 2.24) is 14.9 Å². The van der Waals surface area contributed by atoms with Gasteiger partial charge in [0.15, 0.2) is 5.16 Å². The van der Waals surface area contributed by atoms with E-state index < -0.39 is 0 Å². The fourth-order valence-corrected chi connectivity index (χ4v) is 4.38. The predicted molar refractivity (Wildman–Crippen MR) is 108 cm³/mol. The molecule has 6 heteroatoms. The highest BCUT2D eigenvalue weighted by Gasteiger charge is 2.27. The smallest absolute Gasteiger partial charge is 0.233 e. The Hall–Kier alpha value is -2.08. The zero-order chi connectivity index (χ0) is 19.2. The third kappa shape index (κ3) is 5.22. The van der Waals surface area contributed by atoms with Gasteiger partial charge in [-0.3, -0.25) is 4.79 Å². The predicted octanol–water partition coefficient (Wildman–Crippen LogP) is 4.34. The number of ether oxygens (including phenoxy) is 1. The lowest BCUT2D eigenvalue weighted by molar-refractivity contribution is -0.130. The molecule has 27 heavy (non-hydrogen) atoms. The molecule has 1 aromatic heterocycles. The summed E-state index contributed by atoms with van der Waals surface area (Å²) in [6.45, 7) is 4.72. The second-order valence-electron chi connectivity index (χ2n) is 6.95. The van der Waals surface area contributed by atoms with Gasteiger partial charge in [-0.25, -0.2) is 9.97 Å². The second-order valence-corrected chi connectivity index (χ2v) is 7.89. The van der Waals surface area contributed by atoms with Crippen LogP contribution < -0.4 is 4.74 Å². The third-order valence-electron chi connectivity index (χ3n) is 4.86. The van der Waals surface area contributed by atoms with E-state index in [-0.39, 0.29) is 11.9 Å². The summed E-state index contributed by atoms with van der Waals surface area (Å²) in [4.78, 5) is 23.9. The summed E-state index contributed by atoms with van der Waals surface area (Å²) in [5.41, 5.74) is 3.05. The van der Waals surface area contributed by atoms with Gasteiger partial charge in [0.25, 0.3) is 0 Å². The molecule has 3 rings (SSSR count). The Kier molecular flexibility index (Phi) is 6.72. The van der Waals surface area contributed by atoms with Crippen molar-refractivity contribution in [2.45, 2.75) is 50.7 Å². The number of likely N-dealkylation sites (tertiary alicyclic amines) is 1. The molecular weight excluding hydrogens is 358 g/mol. The Balaban J connectivity index is 1.72. The molecule has 2 heterocycles. The number of thioether (sulfide) groups is 1. The Morgan fingerprint density at radius 3 is 2.52 bits per heavy atom. The minimum atomic E-state index is 0.131. The van der Waals surface area contributed by atoms with E-state index in [0.29, 0.717) is 10.9 Å². The first kappa shape index (κ1) is 19.7. The second kappa shape index (κ2) is 9.22. The first-order valence-corrected chi connectivity index (χ1v) is 10.4. The maximum atomic E-state index is 13.0. The Morgan fingerprint density at radius 1 is 1.15 bits per heavy atom. The molecular formula is C21H27N3O2S. The lowest BCUT2D eigenvalue weighted by Crippen LogP contribution is -2.36. The summed E-state index contributed by atoms with van der Waals surface area (Å²) in [6.07, 6.45) is 4.38. The molecule has 2 aromatic rings. The van der Waals surface area contributed by atoms with Crippen LogP contribution in [-0.4, -0.2) is 40.2 Å². The fraction of sp³-hybridized carbons (Fsp3) is 0.476. The summed E-state index contributed by atoms with van der Waals surface area (Å²) in [5, 5.41) is 0.677. The molecule has 0 aliphatic carbocycles. The van der Waals surface area contributed by atoms with Crippen molar-refractivity contribution >= 4 is 17.7 Å². The molecule has 1 aliphatic heterocycles. The minimum absolute atomic E-state index is 0.131. The number of benzene rings is 1. The number of amides is 1. The van der Waals surface area contributed by atoms with E-state index in [1.54, 1.807) is 7.11 Å². The van der Waals surface area contributed by atoms with Crippen molar-refractivity contribution < 1.29 is 9.53 Å². The monoisotopic (exact) mass is 385 g/mol. The summed E-state index contributed by atoms with van der Waals surface area (Å²) >= 11 is 1.43. The molecule has 0 bridgehead atoms. The third-order valence-corrected chi connectivity index (χ3v) is 5.69. The molecule has 0 spiro atoms. The van der Waals surface area contributed by atoms with Gasteiger partial charge in [-0.2, -0.15) is 0 Å².